The van der Waals surface area contributed by atoms with Crippen LogP contribution >= 0.6 is 11.8 Å². The molecule has 1 saturated heterocycles. The second-order valence-electron chi connectivity index (χ2n) is 7.76. The summed E-state index contributed by atoms with van der Waals surface area (Å²) in [7, 11) is -3.45. The van der Waals surface area contributed by atoms with E-state index in [1.54, 1.807) is 16.4 Å². The van der Waals surface area contributed by atoms with Gasteiger partial charge in [0.2, 0.25) is 15.9 Å². The molecule has 1 aliphatic heterocycles. The van der Waals surface area contributed by atoms with Crippen LogP contribution < -0.4 is 0 Å². The fraction of sp³-hybridized carbons (Fsp3) is 0.611. The summed E-state index contributed by atoms with van der Waals surface area (Å²) in [6, 6.07) is 3.36. The Morgan fingerprint density at radius 1 is 1.19 bits per heavy atom. The molecule has 9 heteroatoms. The summed E-state index contributed by atoms with van der Waals surface area (Å²) in [4.78, 5) is 9.04. The summed E-state index contributed by atoms with van der Waals surface area (Å²) in [6.45, 7) is 9.23. The summed E-state index contributed by atoms with van der Waals surface area (Å²) in [5.74, 6) is 1.21. The van der Waals surface area contributed by atoms with E-state index in [0.717, 1.165) is 24.3 Å². The number of sulfonamides is 1. The average Bonchev–Trinajstić information content (AvgIpc) is 3.14. The highest BCUT2D eigenvalue weighted by atomic mass is 32.2. The maximum absolute atomic E-state index is 12.7. The fourth-order valence-electron chi connectivity index (χ4n) is 2.78. The first-order valence-electron chi connectivity index (χ1n) is 9.15. The Labute approximate surface area is 165 Å². The number of thioether (sulfide) groups is 1. The third kappa shape index (κ3) is 4.70. The molecule has 3 rings (SSSR count). The molecule has 0 aromatic carbocycles. The van der Waals surface area contributed by atoms with Crippen molar-refractivity contribution < 1.29 is 12.9 Å². The second-order valence-corrected chi connectivity index (χ2v) is 11.1. The number of aromatic nitrogens is 3. The summed E-state index contributed by atoms with van der Waals surface area (Å²) >= 11 is 1.46. The summed E-state index contributed by atoms with van der Waals surface area (Å²) in [5.41, 5.74) is -0.172. The molecule has 0 spiro atoms. The molecule has 3 heterocycles. The van der Waals surface area contributed by atoms with Gasteiger partial charge in [-0.1, -0.05) is 44.1 Å². The van der Waals surface area contributed by atoms with Gasteiger partial charge >= 0.3 is 0 Å². The minimum atomic E-state index is -3.45. The summed E-state index contributed by atoms with van der Waals surface area (Å²) in [6.07, 6.45) is 4.36. The topological polar surface area (TPSA) is 89.2 Å². The van der Waals surface area contributed by atoms with Crippen molar-refractivity contribution in [1.29, 1.82) is 0 Å². The normalized spacial score (nSPS) is 17.8. The predicted octanol–water partition coefficient (Wildman–Crippen LogP) is 3.79. The lowest BCUT2D eigenvalue weighted by Crippen LogP contribution is -2.35. The van der Waals surface area contributed by atoms with Crippen LogP contribution in [0.25, 0.3) is 0 Å². The van der Waals surface area contributed by atoms with Crippen molar-refractivity contribution in [2.75, 3.05) is 13.1 Å². The molecule has 27 heavy (non-hydrogen) atoms. The van der Waals surface area contributed by atoms with Crippen LogP contribution in [-0.4, -0.2) is 40.9 Å². The van der Waals surface area contributed by atoms with Crippen LogP contribution in [-0.2, 0) is 15.4 Å². The number of rotatable bonds is 5. The molecule has 0 N–H and O–H groups in total. The van der Waals surface area contributed by atoms with E-state index in [2.05, 4.69) is 15.1 Å². The molecule has 1 aliphatic rings. The molecule has 2 aromatic heterocycles. The molecular formula is C18H26N4O3S2. The highest BCUT2D eigenvalue weighted by molar-refractivity contribution is 7.99. The first-order valence-corrected chi connectivity index (χ1v) is 11.5. The number of hydrogen-bond donors (Lipinski definition) is 0. The van der Waals surface area contributed by atoms with Gasteiger partial charge in [-0.25, -0.2) is 13.4 Å². The molecule has 1 atom stereocenters. The molecule has 148 valence electrons. The predicted molar refractivity (Wildman–Crippen MR) is 104 cm³/mol. The van der Waals surface area contributed by atoms with E-state index >= 15 is 0 Å². The SMILES string of the molecule is C[C@@H](Sc1ccc(S(=O)(=O)N2CCCCC2)cn1)c1nc(C(C)(C)C)no1. The van der Waals surface area contributed by atoms with Gasteiger partial charge in [0.25, 0.3) is 0 Å². The zero-order valence-corrected chi connectivity index (χ0v) is 17.8. The highest BCUT2D eigenvalue weighted by Gasteiger charge is 2.27. The van der Waals surface area contributed by atoms with Crippen molar-refractivity contribution in [3.63, 3.8) is 0 Å². The van der Waals surface area contributed by atoms with Gasteiger partial charge in [-0.2, -0.15) is 9.29 Å². The maximum atomic E-state index is 12.7. The van der Waals surface area contributed by atoms with Gasteiger partial charge in [0.05, 0.1) is 10.3 Å². The highest BCUT2D eigenvalue weighted by Crippen LogP contribution is 2.34. The van der Waals surface area contributed by atoms with Crippen LogP contribution in [0.1, 0.15) is 63.9 Å². The Bertz CT molecular complexity index is 867. The molecule has 0 bridgehead atoms. The molecule has 0 aliphatic carbocycles. The minimum absolute atomic E-state index is 0.0781. The third-order valence-corrected chi connectivity index (χ3v) is 7.34. The van der Waals surface area contributed by atoms with Crippen LogP contribution in [0, 0.1) is 0 Å². The van der Waals surface area contributed by atoms with Crippen LogP contribution in [0.5, 0.6) is 0 Å². The van der Waals surface area contributed by atoms with Crippen molar-refractivity contribution in [3.8, 4) is 0 Å². The molecule has 1 fully saturated rings. The van der Waals surface area contributed by atoms with Crippen molar-refractivity contribution in [1.82, 2.24) is 19.4 Å². The number of hydrogen-bond acceptors (Lipinski definition) is 7. The van der Waals surface area contributed by atoms with E-state index in [1.165, 1.54) is 18.0 Å². The largest absolute Gasteiger partial charge is 0.338 e. The van der Waals surface area contributed by atoms with E-state index in [0.29, 0.717) is 24.8 Å². The van der Waals surface area contributed by atoms with E-state index in [4.69, 9.17) is 4.52 Å². The summed E-state index contributed by atoms with van der Waals surface area (Å²) < 4.78 is 32.3. The van der Waals surface area contributed by atoms with E-state index in [-0.39, 0.29) is 15.6 Å². The smallest absolute Gasteiger partial charge is 0.244 e. The summed E-state index contributed by atoms with van der Waals surface area (Å²) in [5, 5.41) is 4.68. The first-order chi connectivity index (χ1) is 12.7. The quantitative estimate of drug-likeness (QED) is 0.693. The molecule has 2 aromatic rings. The number of pyridine rings is 1. The van der Waals surface area contributed by atoms with Gasteiger partial charge in [-0.3, -0.25) is 0 Å². The van der Waals surface area contributed by atoms with Gasteiger partial charge in [-0.15, -0.1) is 0 Å². The standard InChI is InChI=1S/C18H26N4O3S2/c1-13(16-20-17(21-25-16)18(2,3)4)26-15-9-8-14(12-19-15)27(23,24)22-10-6-5-7-11-22/h8-9,12-13H,5-7,10-11H2,1-4H3/t13-/m1/s1. The van der Waals surface area contributed by atoms with E-state index in [1.807, 2.05) is 27.7 Å². The zero-order valence-electron chi connectivity index (χ0n) is 16.2. The molecule has 0 radical (unpaired) electrons. The van der Waals surface area contributed by atoms with Crippen LogP contribution in [0.4, 0.5) is 0 Å². The molecule has 0 saturated carbocycles. The zero-order chi connectivity index (χ0) is 19.7. The molecule has 7 nitrogen and oxygen atoms in total. The van der Waals surface area contributed by atoms with E-state index in [9.17, 15) is 8.42 Å². The Morgan fingerprint density at radius 2 is 1.89 bits per heavy atom. The Kier molecular flexibility index (Phi) is 5.93. The average molecular weight is 411 g/mol. The van der Waals surface area contributed by atoms with Gasteiger partial charge in [0, 0.05) is 24.7 Å². The maximum Gasteiger partial charge on any atom is 0.244 e. The number of piperidine rings is 1. The van der Waals surface area contributed by atoms with Crippen molar-refractivity contribution in [3.05, 3.63) is 30.0 Å². The van der Waals surface area contributed by atoms with Gasteiger partial charge in [-0.05, 0) is 31.9 Å². The lowest BCUT2D eigenvalue weighted by molar-refractivity contribution is 0.346. The Morgan fingerprint density at radius 3 is 2.44 bits per heavy atom. The Balaban J connectivity index is 1.69. The lowest BCUT2D eigenvalue weighted by Gasteiger charge is -2.25. The van der Waals surface area contributed by atoms with Gasteiger partial charge in [0.15, 0.2) is 5.82 Å². The number of nitrogens with zero attached hydrogens (tertiary/aromatic N) is 4. The third-order valence-electron chi connectivity index (χ3n) is 4.42. The van der Waals surface area contributed by atoms with Crippen molar-refractivity contribution >= 4 is 21.8 Å². The van der Waals surface area contributed by atoms with Gasteiger partial charge in [0.1, 0.15) is 4.90 Å². The monoisotopic (exact) mass is 410 g/mol. The fourth-order valence-corrected chi connectivity index (χ4v) is 5.06. The first kappa shape index (κ1) is 20.3. The van der Waals surface area contributed by atoms with Crippen molar-refractivity contribution in [2.45, 2.75) is 67.5 Å². The van der Waals surface area contributed by atoms with Crippen LogP contribution in [0.15, 0.2) is 32.8 Å². The lowest BCUT2D eigenvalue weighted by atomic mass is 9.96. The van der Waals surface area contributed by atoms with Crippen LogP contribution in [0.3, 0.4) is 0 Å². The van der Waals surface area contributed by atoms with Crippen LogP contribution in [0.2, 0.25) is 0 Å². The molecule has 0 unspecified atom stereocenters. The second kappa shape index (κ2) is 7.89. The van der Waals surface area contributed by atoms with Crippen molar-refractivity contribution in [2.24, 2.45) is 0 Å². The molecule has 0 amide bonds. The van der Waals surface area contributed by atoms with Gasteiger partial charge < -0.3 is 4.52 Å². The Hall–Kier alpha value is -1.45. The minimum Gasteiger partial charge on any atom is -0.338 e. The van der Waals surface area contributed by atoms with E-state index < -0.39 is 10.0 Å². The molecular weight excluding hydrogens is 384 g/mol.